The van der Waals surface area contributed by atoms with Gasteiger partial charge in [-0.25, -0.2) is 0 Å². The van der Waals surface area contributed by atoms with Crippen LogP contribution in [0.15, 0.2) is 30.3 Å². The quantitative estimate of drug-likeness (QED) is 0.467. The molecule has 2 saturated heterocycles. The molecule has 0 bridgehead atoms. The number of hydrogen-bond acceptors (Lipinski definition) is 5. The molecule has 5 rings (SSSR count). The third-order valence-corrected chi connectivity index (χ3v) is 8.52. The molecule has 1 aromatic carbocycles. The lowest BCUT2D eigenvalue weighted by molar-refractivity contribution is 0.435. The fraction of sp³-hybridized carbons (Fsp3) is 0.593. The van der Waals surface area contributed by atoms with Crippen LogP contribution < -0.4 is 20.4 Å². The van der Waals surface area contributed by atoms with Crippen LogP contribution in [0.3, 0.4) is 0 Å². The predicted octanol–water partition coefficient (Wildman–Crippen LogP) is 5.91. The Morgan fingerprint density at radius 3 is 2.51 bits per heavy atom. The Balaban J connectivity index is 1.32. The van der Waals surface area contributed by atoms with Crippen LogP contribution in [-0.2, 0) is 5.41 Å². The number of hydrogen-bond donors (Lipinski definition) is 2. The van der Waals surface area contributed by atoms with Crippen LogP contribution >= 0.6 is 23.8 Å². The van der Waals surface area contributed by atoms with E-state index in [0.717, 1.165) is 55.7 Å². The summed E-state index contributed by atoms with van der Waals surface area (Å²) in [6.45, 7) is 6.22. The Kier molecular flexibility index (Phi) is 7.63. The van der Waals surface area contributed by atoms with Crippen molar-refractivity contribution < 1.29 is 0 Å². The Morgan fingerprint density at radius 1 is 1.03 bits per heavy atom. The van der Waals surface area contributed by atoms with Crippen LogP contribution in [0.25, 0.3) is 0 Å². The first-order chi connectivity index (χ1) is 17.0. The summed E-state index contributed by atoms with van der Waals surface area (Å²) < 4.78 is 0. The summed E-state index contributed by atoms with van der Waals surface area (Å²) in [5, 5.41) is 8.19. The van der Waals surface area contributed by atoms with Crippen LogP contribution in [-0.4, -0.2) is 47.3 Å². The molecule has 3 heterocycles. The van der Waals surface area contributed by atoms with Crippen molar-refractivity contribution in [3.8, 4) is 0 Å². The highest BCUT2D eigenvalue weighted by atomic mass is 35.5. The zero-order valence-electron chi connectivity index (χ0n) is 20.7. The van der Waals surface area contributed by atoms with Crippen LogP contribution in [0, 0.1) is 0 Å². The third-order valence-electron chi connectivity index (χ3n) is 8.04. The van der Waals surface area contributed by atoms with Crippen molar-refractivity contribution in [1.29, 1.82) is 0 Å². The standard InChI is InChI=1S/C27H37ClN6S/c1-20-9-2-5-16-34(20)24-18-23(33-14-6-7-15-33)30-25(31-24)32-26(35)29-19-27(12-3-4-13-27)21-10-8-11-22(28)17-21/h8,10-11,17-18,20H,2-7,9,12-16,19H2,1H3,(H2,29,30,31,32,35). The summed E-state index contributed by atoms with van der Waals surface area (Å²) >= 11 is 12.1. The highest BCUT2D eigenvalue weighted by Gasteiger charge is 2.36. The number of rotatable bonds is 6. The van der Waals surface area contributed by atoms with Gasteiger partial charge in [0.1, 0.15) is 11.6 Å². The average molecular weight is 513 g/mol. The SMILES string of the molecule is CC1CCCCN1c1cc(N2CCCC2)nc(NC(=S)NCC2(c3cccc(Cl)c3)CCCC2)n1. The molecule has 1 aliphatic carbocycles. The number of nitrogens with one attached hydrogen (secondary N) is 2. The van der Waals surface area contributed by atoms with Crippen LogP contribution in [0.5, 0.6) is 0 Å². The minimum Gasteiger partial charge on any atom is -0.361 e. The summed E-state index contributed by atoms with van der Waals surface area (Å²) in [4.78, 5) is 14.6. The van der Waals surface area contributed by atoms with Gasteiger partial charge in [-0.05, 0) is 81.8 Å². The minimum atomic E-state index is 0.0588. The van der Waals surface area contributed by atoms with E-state index in [2.05, 4.69) is 51.6 Å². The van der Waals surface area contributed by atoms with Crippen LogP contribution in [0.1, 0.15) is 70.3 Å². The normalized spacial score (nSPS) is 21.8. The molecule has 1 aromatic heterocycles. The summed E-state index contributed by atoms with van der Waals surface area (Å²) in [6, 6.07) is 11.0. The van der Waals surface area contributed by atoms with Gasteiger partial charge < -0.3 is 20.4 Å². The van der Waals surface area contributed by atoms with E-state index >= 15 is 0 Å². The lowest BCUT2D eigenvalue weighted by atomic mass is 9.79. The summed E-state index contributed by atoms with van der Waals surface area (Å²) in [5.74, 6) is 2.59. The summed E-state index contributed by atoms with van der Waals surface area (Å²) in [6.07, 6.45) is 10.9. The first kappa shape index (κ1) is 24.6. The van der Waals surface area contributed by atoms with Crippen LogP contribution in [0.2, 0.25) is 5.02 Å². The van der Waals surface area contributed by atoms with E-state index in [4.69, 9.17) is 33.8 Å². The second-order valence-electron chi connectivity index (χ2n) is 10.4. The van der Waals surface area contributed by atoms with E-state index < -0.39 is 0 Å². The lowest BCUT2D eigenvalue weighted by Crippen LogP contribution is -2.41. The molecule has 8 heteroatoms. The second kappa shape index (κ2) is 10.9. The minimum absolute atomic E-state index is 0.0588. The highest BCUT2D eigenvalue weighted by Crippen LogP contribution is 2.41. The van der Waals surface area contributed by atoms with Gasteiger partial charge in [-0.2, -0.15) is 9.97 Å². The fourth-order valence-corrected chi connectivity index (χ4v) is 6.36. The van der Waals surface area contributed by atoms with E-state index in [-0.39, 0.29) is 5.41 Å². The molecule has 3 aliphatic rings. The molecule has 0 radical (unpaired) electrons. The van der Waals surface area contributed by atoms with E-state index in [1.807, 2.05) is 6.07 Å². The topological polar surface area (TPSA) is 56.3 Å². The molecule has 0 spiro atoms. The van der Waals surface area contributed by atoms with Crippen molar-refractivity contribution in [3.63, 3.8) is 0 Å². The Morgan fingerprint density at radius 2 is 1.77 bits per heavy atom. The zero-order valence-corrected chi connectivity index (χ0v) is 22.3. The monoisotopic (exact) mass is 512 g/mol. The molecule has 3 fully saturated rings. The first-order valence-corrected chi connectivity index (χ1v) is 14.0. The Hall–Kier alpha value is -2.12. The maximum Gasteiger partial charge on any atom is 0.232 e. The molecule has 6 nitrogen and oxygen atoms in total. The van der Waals surface area contributed by atoms with E-state index in [1.54, 1.807) is 0 Å². The summed E-state index contributed by atoms with van der Waals surface area (Å²) in [5.41, 5.74) is 1.36. The van der Waals surface area contributed by atoms with Gasteiger partial charge in [-0.15, -0.1) is 0 Å². The molecule has 1 unspecified atom stereocenters. The van der Waals surface area contributed by atoms with E-state index in [0.29, 0.717) is 17.1 Å². The van der Waals surface area contributed by atoms with Gasteiger partial charge in [0.2, 0.25) is 5.95 Å². The van der Waals surface area contributed by atoms with E-state index in [1.165, 1.54) is 50.5 Å². The first-order valence-electron chi connectivity index (χ1n) is 13.2. The van der Waals surface area contributed by atoms with Crippen molar-refractivity contribution in [1.82, 2.24) is 15.3 Å². The van der Waals surface area contributed by atoms with Gasteiger partial charge in [0.05, 0.1) is 0 Å². The molecule has 2 aliphatic heterocycles. The number of aromatic nitrogens is 2. The van der Waals surface area contributed by atoms with Gasteiger partial charge in [-0.1, -0.05) is 36.6 Å². The van der Waals surface area contributed by atoms with Gasteiger partial charge in [0, 0.05) is 48.7 Å². The van der Waals surface area contributed by atoms with Crippen molar-refractivity contribution in [2.45, 2.75) is 76.2 Å². The van der Waals surface area contributed by atoms with Crippen molar-refractivity contribution >= 4 is 46.5 Å². The molecular weight excluding hydrogens is 476 g/mol. The number of halogens is 1. The van der Waals surface area contributed by atoms with Crippen molar-refractivity contribution in [2.75, 3.05) is 41.3 Å². The maximum atomic E-state index is 6.33. The second-order valence-corrected chi connectivity index (χ2v) is 11.3. The number of anilines is 3. The molecule has 2 N–H and O–H groups in total. The molecule has 2 aromatic rings. The lowest BCUT2D eigenvalue weighted by Gasteiger charge is -2.35. The Labute approximate surface area is 219 Å². The molecule has 188 valence electrons. The maximum absolute atomic E-state index is 6.33. The predicted molar refractivity (Wildman–Crippen MR) is 150 cm³/mol. The van der Waals surface area contributed by atoms with Gasteiger partial charge in [0.15, 0.2) is 5.11 Å². The fourth-order valence-electron chi connectivity index (χ4n) is 6.00. The highest BCUT2D eigenvalue weighted by molar-refractivity contribution is 7.80. The van der Waals surface area contributed by atoms with Gasteiger partial charge in [-0.3, -0.25) is 0 Å². The van der Waals surface area contributed by atoms with Crippen molar-refractivity contribution in [2.24, 2.45) is 0 Å². The van der Waals surface area contributed by atoms with E-state index in [9.17, 15) is 0 Å². The number of benzene rings is 1. The molecular formula is C27H37ClN6S. The Bertz CT molecular complexity index is 1030. The van der Waals surface area contributed by atoms with Gasteiger partial charge >= 0.3 is 0 Å². The summed E-state index contributed by atoms with van der Waals surface area (Å²) in [7, 11) is 0. The number of thiocarbonyl (C=S) groups is 1. The largest absolute Gasteiger partial charge is 0.361 e. The molecule has 1 atom stereocenters. The number of nitrogens with zero attached hydrogens (tertiary/aromatic N) is 4. The molecule has 1 saturated carbocycles. The smallest absolute Gasteiger partial charge is 0.232 e. The molecule has 0 amide bonds. The number of piperidine rings is 1. The van der Waals surface area contributed by atoms with Gasteiger partial charge in [0.25, 0.3) is 0 Å². The van der Waals surface area contributed by atoms with Crippen LogP contribution in [0.4, 0.5) is 17.6 Å². The zero-order chi connectivity index (χ0) is 24.3. The third kappa shape index (κ3) is 5.67. The molecule has 35 heavy (non-hydrogen) atoms. The average Bonchev–Trinajstić information content (AvgIpc) is 3.56. The van der Waals surface area contributed by atoms with Crippen molar-refractivity contribution in [3.05, 3.63) is 40.9 Å².